The molecule has 0 aromatic heterocycles. The quantitative estimate of drug-likeness (QED) is 0.232. The summed E-state index contributed by atoms with van der Waals surface area (Å²) in [5, 5.41) is 0. The maximum absolute atomic E-state index is 12.9. The standard InChI is InChI=1S/C28H25NO9/c1-32-19-8-6-7-17(13-19)26-29-20(28(31)38-26)11-16-9-10-21(22(12-16)33-2)37-27(30)18-14-23(34-3)25(36-5)24(15-18)35-4/h6-15H,1-5H3/b20-11-. The van der Waals surface area contributed by atoms with E-state index in [0.29, 0.717) is 34.1 Å². The van der Waals surface area contributed by atoms with Crippen molar-refractivity contribution < 1.29 is 42.7 Å². The van der Waals surface area contributed by atoms with Gasteiger partial charge >= 0.3 is 11.9 Å². The van der Waals surface area contributed by atoms with Crippen LogP contribution in [0.5, 0.6) is 34.5 Å². The Hall–Kier alpha value is -4.99. The maximum Gasteiger partial charge on any atom is 0.363 e. The average molecular weight is 520 g/mol. The third-order valence-electron chi connectivity index (χ3n) is 5.53. The van der Waals surface area contributed by atoms with Crippen LogP contribution in [0.3, 0.4) is 0 Å². The molecule has 1 aliphatic rings. The number of carbonyl (C=O) groups is 2. The molecule has 0 unspecified atom stereocenters. The van der Waals surface area contributed by atoms with E-state index in [1.54, 1.807) is 55.7 Å². The van der Waals surface area contributed by atoms with Gasteiger partial charge in [0.05, 0.1) is 41.1 Å². The van der Waals surface area contributed by atoms with Crippen LogP contribution in [-0.2, 0) is 9.53 Å². The first-order valence-corrected chi connectivity index (χ1v) is 11.3. The van der Waals surface area contributed by atoms with Crippen molar-refractivity contribution in [3.63, 3.8) is 0 Å². The van der Waals surface area contributed by atoms with Crippen LogP contribution in [0.25, 0.3) is 6.08 Å². The molecule has 10 nitrogen and oxygen atoms in total. The zero-order chi connectivity index (χ0) is 27.2. The lowest BCUT2D eigenvalue weighted by atomic mass is 10.1. The van der Waals surface area contributed by atoms with Crippen molar-refractivity contribution in [3.8, 4) is 34.5 Å². The normalized spacial score (nSPS) is 13.4. The Labute approximate surface area is 219 Å². The van der Waals surface area contributed by atoms with Gasteiger partial charge in [0.1, 0.15) is 5.75 Å². The number of hydrogen-bond donors (Lipinski definition) is 0. The zero-order valence-electron chi connectivity index (χ0n) is 21.4. The van der Waals surface area contributed by atoms with Gasteiger partial charge in [-0.1, -0.05) is 12.1 Å². The number of ether oxygens (including phenoxy) is 7. The van der Waals surface area contributed by atoms with Crippen LogP contribution in [0.1, 0.15) is 21.5 Å². The van der Waals surface area contributed by atoms with Gasteiger partial charge in [0.15, 0.2) is 28.7 Å². The lowest BCUT2D eigenvalue weighted by Gasteiger charge is -2.14. The summed E-state index contributed by atoms with van der Waals surface area (Å²) in [5.74, 6) is 0.925. The molecule has 0 aliphatic carbocycles. The molecule has 10 heteroatoms. The van der Waals surface area contributed by atoms with E-state index in [1.807, 2.05) is 0 Å². The minimum absolute atomic E-state index is 0.104. The number of rotatable bonds is 9. The van der Waals surface area contributed by atoms with E-state index in [1.165, 1.54) is 40.6 Å². The lowest BCUT2D eigenvalue weighted by Crippen LogP contribution is -2.10. The first kappa shape index (κ1) is 26.1. The van der Waals surface area contributed by atoms with Crippen LogP contribution in [0.4, 0.5) is 0 Å². The Kier molecular flexibility index (Phi) is 7.81. The number of nitrogens with zero attached hydrogens (tertiary/aromatic N) is 1. The van der Waals surface area contributed by atoms with Crippen molar-refractivity contribution in [1.82, 2.24) is 0 Å². The third kappa shape index (κ3) is 5.39. The van der Waals surface area contributed by atoms with Gasteiger partial charge in [-0.05, 0) is 54.1 Å². The monoisotopic (exact) mass is 519 g/mol. The topological polar surface area (TPSA) is 111 Å². The molecule has 1 aliphatic heterocycles. The molecular weight excluding hydrogens is 494 g/mol. The summed E-state index contributed by atoms with van der Waals surface area (Å²) in [7, 11) is 7.35. The largest absolute Gasteiger partial charge is 0.497 e. The van der Waals surface area contributed by atoms with Gasteiger partial charge in [-0.25, -0.2) is 14.6 Å². The molecular formula is C28H25NO9. The molecule has 0 fully saturated rings. The van der Waals surface area contributed by atoms with Crippen LogP contribution in [0.2, 0.25) is 0 Å². The van der Waals surface area contributed by atoms with Crippen LogP contribution >= 0.6 is 0 Å². The number of methoxy groups -OCH3 is 5. The SMILES string of the molecule is COc1cccc(C2=N/C(=C\c3ccc(OC(=O)c4cc(OC)c(OC)c(OC)c4)c(OC)c3)C(=O)O2)c1. The third-order valence-corrected chi connectivity index (χ3v) is 5.53. The molecule has 0 bridgehead atoms. The van der Waals surface area contributed by atoms with Gasteiger partial charge < -0.3 is 33.2 Å². The Morgan fingerprint density at radius 3 is 2.13 bits per heavy atom. The summed E-state index contributed by atoms with van der Waals surface area (Å²) in [4.78, 5) is 29.6. The van der Waals surface area contributed by atoms with Gasteiger partial charge in [-0.2, -0.15) is 0 Å². The van der Waals surface area contributed by atoms with E-state index in [2.05, 4.69) is 4.99 Å². The van der Waals surface area contributed by atoms with Crippen LogP contribution in [0, 0.1) is 0 Å². The Balaban J connectivity index is 1.58. The second-order valence-corrected chi connectivity index (χ2v) is 7.78. The second-order valence-electron chi connectivity index (χ2n) is 7.78. The molecule has 3 aromatic rings. The Bertz CT molecular complexity index is 1420. The van der Waals surface area contributed by atoms with Crippen molar-refractivity contribution in [2.45, 2.75) is 0 Å². The van der Waals surface area contributed by atoms with E-state index >= 15 is 0 Å². The number of esters is 2. The molecule has 0 radical (unpaired) electrons. The summed E-state index contributed by atoms with van der Waals surface area (Å²) >= 11 is 0. The van der Waals surface area contributed by atoms with Crippen molar-refractivity contribution in [2.75, 3.05) is 35.5 Å². The molecule has 196 valence electrons. The first-order chi connectivity index (χ1) is 18.4. The molecule has 0 saturated heterocycles. The zero-order valence-corrected chi connectivity index (χ0v) is 21.4. The van der Waals surface area contributed by atoms with Crippen LogP contribution < -0.4 is 28.4 Å². The highest BCUT2D eigenvalue weighted by atomic mass is 16.6. The molecule has 1 heterocycles. The van der Waals surface area contributed by atoms with Gasteiger partial charge in [-0.3, -0.25) is 0 Å². The molecule has 0 atom stereocenters. The minimum Gasteiger partial charge on any atom is -0.497 e. The maximum atomic E-state index is 12.9. The van der Waals surface area contributed by atoms with Gasteiger partial charge in [0.2, 0.25) is 11.6 Å². The van der Waals surface area contributed by atoms with Gasteiger partial charge in [0, 0.05) is 5.56 Å². The lowest BCUT2D eigenvalue weighted by molar-refractivity contribution is -0.129. The minimum atomic E-state index is -0.666. The average Bonchev–Trinajstić information content (AvgIpc) is 3.32. The Morgan fingerprint density at radius 1 is 0.789 bits per heavy atom. The predicted octanol–water partition coefficient (Wildman–Crippen LogP) is 4.29. The number of benzene rings is 3. The molecule has 38 heavy (non-hydrogen) atoms. The summed E-state index contributed by atoms with van der Waals surface area (Å²) in [6, 6.07) is 14.8. The molecule has 0 amide bonds. The molecule has 3 aromatic carbocycles. The van der Waals surface area contributed by atoms with Crippen molar-refractivity contribution in [1.29, 1.82) is 0 Å². The molecule has 0 spiro atoms. The number of aliphatic imine (C=N–C) groups is 1. The highest BCUT2D eigenvalue weighted by Gasteiger charge is 2.25. The number of carbonyl (C=O) groups excluding carboxylic acids is 2. The van der Waals surface area contributed by atoms with E-state index < -0.39 is 11.9 Å². The number of cyclic esters (lactones) is 1. The highest BCUT2D eigenvalue weighted by molar-refractivity contribution is 6.13. The van der Waals surface area contributed by atoms with Gasteiger partial charge in [0.25, 0.3) is 0 Å². The first-order valence-electron chi connectivity index (χ1n) is 11.3. The van der Waals surface area contributed by atoms with Crippen molar-refractivity contribution in [3.05, 3.63) is 77.0 Å². The summed E-state index contributed by atoms with van der Waals surface area (Å²) < 4.78 is 37.4. The molecule has 4 rings (SSSR count). The second kappa shape index (κ2) is 11.4. The van der Waals surface area contributed by atoms with Gasteiger partial charge in [-0.15, -0.1) is 0 Å². The Morgan fingerprint density at radius 2 is 1.50 bits per heavy atom. The predicted molar refractivity (Wildman–Crippen MR) is 138 cm³/mol. The van der Waals surface area contributed by atoms with E-state index in [0.717, 1.165) is 0 Å². The molecule has 0 saturated carbocycles. The molecule has 0 N–H and O–H groups in total. The van der Waals surface area contributed by atoms with E-state index in [4.69, 9.17) is 33.2 Å². The fourth-order valence-electron chi connectivity index (χ4n) is 3.66. The van der Waals surface area contributed by atoms with Crippen molar-refractivity contribution in [2.24, 2.45) is 4.99 Å². The van der Waals surface area contributed by atoms with Crippen LogP contribution in [-0.4, -0.2) is 53.4 Å². The van der Waals surface area contributed by atoms with Crippen LogP contribution in [0.15, 0.2) is 65.3 Å². The van der Waals surface area contributed by atoms with E-state index in [-0.39, 0.29) is 28.7 Å². The number of hydrogen-bond acceptors (Lipinski definition) is 10. The smallest absolute Gasteiger partial charge is 0.363 e. The fourth-order valence-corrected chi connectivity index (χ4v) is 3.66. The fraction of sp³-hybridized carbons (Fsp3) is 0.179. The highest BCUT2D eigenvalue weighted by Crippen LogP contribution is 2.39. The summed E-state index contributed by atoms with van der Waals surface area (Å²) in [5.41, 5.74) is 1.47. The van der Waals surface area contributed by atoms with E-state index in [9.17, 15) is 9.59 Å². The summed E-state index contributed by atoms with van der Waals surface area (Å²) in [6.07, 6.45) is 1.54. The summed E-state index contributed by atoms with van der Waals surface area (Å²) in [6.45, 7) is 0. The van der Waals surface area contributed by atoms with Crippen molar-refractivity contribution >= 4 is 23.9 Å².